The summed E-state index contributed by atoms with van der Waals surface area (Å²) in [5, 5.41) is 9.07. The van der Waals surface area contributed by atoms with Gasteiger partial charge in [-0.15, -0.1) is 5.10 Å². The van der Waals surface area contributed by atoms with Crippen molar-refractivity contribution in [3.05, 3.63) is 46.2 Å². The minimum Gasteiger partial charge on any atom is -0.365 e. The van der Waals surface area contributed by atoms with E-state index >= 15 is 0 Å². The molecule has 0 spiro atoms. The molecule has 6 nitrogen and oxygen atoms in total. The Morgan fingerprint density at radius 2 is 1.84 bits per heavy atom. The Bertz CT molecular complexity index is 751. The lowest BCUT2D eigenvalue weighted by molar-refractivity contribution is -0.00194. The number of carbonyl (C=O) groups is 1. The average molecular weight is 361 g/mol. The van der Waals surface area contributed by atoms with Gasteiger partial charge in [0.1, 0.15) is 6.10 Å². The lowest BCUT2D eigenvalue weighted by atomic mass is 10.1. The van der Waals surface area contributed by atoms with Crippen LogP contribution in [0.4, 0.5) is 0 Å². The van der Waals surface area contributed by atoms with E-state index in [9.17, 15) is 4.79 Å². The van der Waals surface area contributed by atoms with Crippen molar-refractivity contribution in [2.45, 2.75) is 44.9 Å². The molecule has 1 amide bonds. The van der Waals surface area contributed by atoms with Gasteiger partial charge in [0, 0.05) is 18.1 Å². The zero-order valence-electron chi connectivity index (χ0n) is 14.0. The number of amides is 1. The van der Waals surface area contributed by atoms with E-state index in [1.54, 1.807) is 4.68 Å². The van der Waals surface area contributed by atoms with Gasteiger partial charge < -0.3 is 9.64 Å². The van der Waals surface area contributed by atoms with E-state index in [0.717, 1.165) is 37.2 Å². The van der Waals surface area contributed by atoms with E-state index < -0.39 is 0 Å². The summed E-state index contributed by atoms with van der Waals surface area (Å²) >= 11 is 5.94. The Kier molecular flexibility index (Phi) is 4.72. The summed E-state index contributed by atoms with van der Waals surface area (Å²) in [7, 11) is 0. The van der Waals surface area contributed by atoms with Crippen molar-refractivity contribution in [3.63, 3.8) is 0 Å². The van der Waals surface area contributed by atoms with Crippen molar-refractivity contribution < 1.29 is 9.53 Å². The maximum Gasteiger partial charge on any atom is 0.276 e. The van der Waals surface area contributed by atoms with Gasteiger partial charge in [0.05, 0.1) is 18.8 Å². The van der Waals surface area contributed by atoms with Crippen LogP contribution in [0.5, 0.6) is 0 Å². The number of likely N-dealkylation sites (tertiary alicyclic amines) is 1. The van der Waals surface area contributed by atoms with Crippen LogP contribution in [0.15, 0.2) is 24.3 Å². The van der Waals surface area contributed by atoms with Gasteiger partial charge >= 0.3 is 0 Å². The SMILES string of the molecule is O=C(c1nnn2c1COC(c1ccc(Cl)cc1)C2)N1CCCCCC1. The number of nitrogens with zero attached hydrogens (tertiary/aromatic N) is 4. The fourth-order valence-electron chi connectivity index (χ4n) is 3.48. The van der Waals surface area contributed by atoms with E-state index in [4.69, 9.17) is 16.3 Å². The third kappa shape index (κ3) is 3.41. The molecule has 132 valence electrons. The minimum atomic E-state index is -0.104. The lowest BCUT2D eigenvalue weighted by Gasteiger charge is -2.25. The number of ether oxygens (including phenoxy) is 1. The summed E-state index contributed by atoms with van der Waals surface area (Å²) in [6.07, 6.45) is 4.40. The van der Waals surface area contributed by atoms with Crippen LogP contribution >= 0.6 is 11.6 Å². The molecule has 2 aliphatic rings. The second kappa shape index (κ2) is 7.14. The molecule has 1 saturated heterocycles. The Hall–Kier alpha value is -1.92. The Balaban J connectivity index is 1.51. The van der Waals surface area contributed by atoms with Gasteiger partial charge in [0.15, 0.2) is 5.69 Å². The van der Waals surface area contributed by atoms with Crippen LogP contribution in [0.2, 0.25) is 5.02 Å². The molecular formula is C18H21ClN4O2. The summed E-state index contributed by atoms with van der Waals surface area (Å²) in [4.78, 5) is 14.7. The molecule has 0 aliphatic carbocycles. The fourth-order valence-corrected chi connectivity index (χ4v) is 3.61. The summed E-state index contributed by atoms with van der Waals surface area (Å²) < 4.78 is 7.78. The highest BCUT2D eigenvalue weighted by Gasteiger charge is 2.30. The first-order valence-electron chi connectivity index (χ1n) is 8.81. The second-order valence-electron chi connectivity index (χ2n) is 6.62. The average Bonchev–Trinajstić information content (AvgIpc) is 2.86. The van der Waals surface area contributed by atoms with E-state index in [-0.39, 0.29) is 12.0 Å². The Morgan fingerprint density at radius 3 is 2.56 bits per heavy atom. The third-order valence-electron chi connectivity index (χ3n) is 4.94. The molecule has 1 fully saturated rings. The van der Waals surface area contributed by atoms with Crippen LogP contribution in [0.3, 0.4) is 0 Å². The predicted molar refractivity (Wildman–Crippen MR) is 93.4 cm³/mol. The zero-order chi connectivity index (χ0) is 17.2. The fraction of sp³-hybridized carbons (Fsp3) is 0.500. The molecule has 7 heteroatoms. The molecule has 1 aromatic heterocycles. The van der Waals surface area contributed by atoms with E-state index in [0.29, 0.717) is 23.9 Å². The highest BCUT2D eigenvalue weighted by atomic mass is 35.5. The highest BCUT2D eigenvalue weighted by Crippen LogP contribution is 2.28. The van der Waals surface area contributed by atoms with Crippen LogP contribution in [0, 0.1) is 0 Å². The quantitative estimate of drug-likeness (QED) is 0.825. The van der Waals surface area contributed by atoms with Gasteiger partial charge in [-0.05, 0) is 30.5 Å². The molecule has 0 N–H and O–H groups in total. The van der Waals surface area contributed by atoms with Crippen LogP contribution < -0.4 is 0 Å². The molecule has 25 heavy (non-hydrogen) atoms. The van der Waals surface area contributed by atoms with E-state index in [1.165, 1.54) is 12.8 Å². The van der Waals surface area contributed by atoms with Gasteiger partial charge in [-0.3, -0.25) is 4.79 Å². The molecule has 0 bridgehead atoms. The monoisotopic (exact) mass is 360 g/mol. The Morgan fingerprint density at radius 1 is 1.12 bits per heavy atom. The van der Waals surface area contributed by atoms with Crippen molar-refractivity contribution in [1.82, 2.24) is 19.9 Å². The number of benzene rings is 1. The van der Waals surface area contributed by atoms with Crippen LogP contribution in [-0.4, -0.2) is 38.9 Å². The molecule has 0 radical (unpaired) electrons. The second-order valence-corrected chi connectivity index (χ2v) is 7.06. The first-order valence-corrected chi connectivity index (χ1v) is 9.19. The maximum absolute atomic E-state index is 12.8. The molecule has 4 rings (SSSR count). The van der Waals surface area contributed by atoms with Crippen molar-refractivity contribution in [3.8, 4) is 0 Å². The highest BCUT2D eigenvalue weighted by molar-refractivity contribution is 6.30. The minimum absolute atomic E-state index is 0.0170. The molecular weight excluding hydrogens is 340 g/mol. The molecule has 0 saturated carbocycles. The summed E-state index contributed by atoms with van der Waals surface area (Å²) in [6.45, 7) is 2.51. The molecule has 3 heterocycles. The van der Waals surface area contributed by atoms with Gasteiger partial charge in [-0.1, -0.05) is 41.8 Å². The number of fused-ring (bicyclic) bond motifs is 1. The molecule has 2 aromatic rings. The van der Waals surface area contributed by atoms with E-state index in [1.807, 2.05) is 29.2 Å². The number of hydrogen-bond acceptors (Lipinski definition) is 4. The predicted octanol–water partition coefficient (Wildman–Crippen LogP) is 3.22. The topological polar surface area (TPSA) is 60.3 Å². The van der Waals surface area contributed by atoms with E-state index in [2.05, 4.69) is 10.3 Å². The van der Waals surface area contributed by atoms with Crippen molar-refractivity contribution >= 4 is 17.5 Å². The van der Waals surface area contributed by atoms with Crippen molar-refractivity contribution in [2.75, 3.05) is 13.1 Å². The molecule has 1 atom stereocenters. The standard InChI is InChI=1S/C18H21ClN4O2/c19-14-7-5-13(6-8-14)16-11-23-15(12-25-16)17(20-21-23)18(24)22-9-3-1-2-4-10-22/h5-8,16H,1-4,9-12H2. The van der Waals surface area contributed by atoms with Gasteiger partial charge in [0.25, 0.3) is 5.91 Å². The number of carbonyl (C=O) groups excluding carboxylic acids is 1. The smallest absolute Gasteiger partial charge is 0.276 e. The number of halogens is 1. The zero-order valence-corrected chi connectivity index (χ0v) is 14.8. The molecule has 2 aliphatic heterocycles. The first kappa shape index (κ1) is 16.5. The number of hydrogen-bond donors (Lipinski definition) is 0. The lowest BCUT2D eigenvalue weighted by Crippen LogP contribution is -2.33. The Labute approximate surface area is 151 Å². The van der Waals surface area contributed by atoms with Crippen molar-refractivity contribution in [1.29, 1.82) is 0 Å². The van der Waals surface area contributed by atoms with Gasteiger partial charge in [-0.25, -0.2) is 4.68 Å². The van der Waals surface area contributed by atoms with Crippen molar-refractivity contribution in [2.24, 2.45) is 0 Å². The number of aromatic nitrogens is 3. The van der Waals surface area contributed by atoms with Crippen LogP contribution in [0.25, 0.3) is 0 Å². The number of rotatable bonds is 2. The van der Waals surface area contributed by atoms with Gasteiger partial charge in [-0.2, -0.15) is 0 Å². The van der Waals surface area contributed by atoms with Gasteiger partial charge in [0.2, 0.25) is 0 Å². The summed E-state index contributed by atoms with van der Waals surface area (Å²) in [5.41, 5.74) is 2.27. The maximum atomic E-state index is 12.8. The summed E-state index contributed by atoms with van der Waals surface area (Å²) in [6, 6.07) is 7.62. The molecule has 1 unspecified atom stereocenters. The third-order valence-corrected chi connectivity index (χ3v) is 5.19. The summed E-state index contributed by atoms with van der Waals surface area (Å²) in [5.74, 6) is -0.0170. The largest absolute Gasteiger partial charge is 0.365 e. The first-order chi connectivity index (χ1) is 12.2. The van der Waals surface area contributed by atoms with Crippen LogP contribution in [0.1, 0.15) is 53.5 Å². The normalized spacial score (nSPS) is 20.8. The van der Waals surface area contributed by atoms with Crippen LogP contribution in [-0.2, 0) is 17.9 Å². The molecule has 1 aromatic carbocycles.